The lowest BCUT2D eigenvalue weighted by Gasteiger charge is -2.01. The van der Waals surface area contributed by atoms with Gasteiger partial charge in [-0.2, -0.15) is 0 Å². The topological polar surface area (TPSA) is 60.7 Å². The van der Waals surface area contributed by atoms with E-state index in [2.05, 4.69) is 0 Å². The van der Waals surface area contributed by atoms with Gasteiger partial charge >= 0.3 is 0 Å². The van der Waals surface area contributed by atoms with Gasteiger partial charge in [-0.05, 0) is 18.6 Å². The number of aromatic hydroxyl groups is 3. The van der Waals surface area contributed by atoms with Gasteiger partial charge < -0.3 is 15.3 Å². The van der Waals surface area contributed by atoms with Crippen LogP contribution in [0.4, 0.5) is 0 Å². The van der Waals surface area contributed by atoms with Gasteiger partial charge in [0.25, 0.3) is 0 Å². The van der Waals surface area contributed by atoms with Crippen molar-refractivity contribution in [1.29, 1.82) is 0 Å². The van der Waals surface area contributed by atoms with Gasteiger partial charge in [-0.3, -0.25) is 0 Å². The highest BCUT2D eigenvalue weighted by Gasteiger charge is 2.06. The molecule has 0 saturated carbocycles. The number of hydrogen-bond donors (Lipinski definition) is 3. The highest BCUT2D eigenvalue weighted by molar-refractivity contribution is 5.52. The second-order valence-electron chi connectivity index (χ2n) is 2.10. The van der Waals surface area contributed by atoms with Crippen molar-refractivity contribution in [3.05, 3.63) is 17.7 Å². The van der Waals surface area contributed by atoms with Crippen LogP contribution in [0.2, 0.25) is 0 Å². The number of phenolic OH excluding ortho intramolecular Hbond substituents is 3. The minimum absolute atomic E-state index is 0.264. The first-order chi connectivity index (χ1) is 5.63. The first-order valence-electron chi connectivity index (χ1n) is 3.83. The van der Waals surface area contributed by atoms with E-state index in [-0.39, 0.29) is 11.5 Å². The third-order valence-corrected chi connectivity index (χ3v) is 1.33. The molecular formula is C9H14O3. The molecule has 0 bridgehead atoms. The Balaban J connectivity index is 0.000000561. The molecule has 3 heteroatoms. The molecule has 0 heterocycles. The molecule has 3 N–H and O–H groups in total. The summed E-state index contributed by atoms with van der Waals surface area (Å²) in [4.78, 5) is 0. The minimum atomic E-state index is -0.458. The molecule has 1 aromatic carbocycles. The second-order valence-corrected chi connectivity index (χ2v) is 2.10. The van der Waals surface area contributed by atoms with Crippen molar-refractivity contribution >= 4 is 0 Å². The Morgan fingerprint density at radius 2 is 1.42 bits per heavy atom. The van der Waals surface area contributed by atoms with Gasteiger partial charge in [0.15, 0.2) is 11.5 Å². The van der Waals surface area contributed by atoms with Gasteiger partial charge in [-0.1, -0.05) is 19.9 Å². The van der Waals surface area contributed by atoms with Crippen molar-refractivity contribution in [1.82, 2.24) is 0 Å². The normalized spacial score (nSPS) is 8.58. The molecule has 3 nitrogen and oxygen atoms in total. The van der Waals surface area contributed by atoms with Crippen LogP contribution in [-0.2, 0) is 0 Å². The van der Waals surface area contributed by atoms with Gasteiger partial charge in [-0.25, -0.2) is 0 Å². The van der Waals surface area contributed by atoms with E-state index in [4.69, 9.17) is 15.3 Å². The predicted molar refractivity (Wildman–Crippen MR) is 47.5 cm³/mol. The van der Waals surface area contributed by atoms with Crippen LogP contribution in [0.15, 0.2) is 12.1 Å². The third-order valence-electron chi connectivity index (χ3n) is 1.33. The van der Waals surface area contributed by atoms with Crippen molar-refractivity contribution < 1.29 is 15.3 Å². The predicted octanol–water partition coefficient (Wildman–Crippen LogP) is 2.14. The Morgan fingerprint density at radius 3 is 1.83 bits per heavy atom. The zero-order chi connectivity index (χ0) is 9.72. The lowest BCUT2D eigenvalue weighted by Crippen LogP contribution is -1.75. The van der Waals surface area contributed by atoms with Crippen LogP contribution in [-0.4, -0.2) is 15.3 Å². The summed E-state index contributed by atoms with van der Waals surface area (Å²) in [7, 11) is 0. The molecule has 0 unspecified atom stereocenters. The van der Waals surface area contributed by atoms with E-state index in [9.17, 15) is 0 Å². The van der Waals surface area contributed by atoms with Crippen molar-refractivity contribution in [3.8, 4) is 17.2 Å². The van der Waals surface area contributed by atoms with E-state index < -0.39 is 5.75 Å². The van der Waals surface area contributed by atoms with Crippen LogP contribution in [0.5, 0.6) is 17.2 Å². The summed E-state index contributed by atoms with van der Waals surface area (Å²) in [5.41, 5.74) is 0.537. The number of rotatable bonds is 0. The van der Waals surface area contributed by atoms with Gasteiger partial charge in [-0.15, -0.1) is 0 Å². The van der Waals surface area contributed by atoms with E-state index in [1.54, 1.807) is 6.92 Å². The highest BCUT2D eigenvalue weighted by atomic mass is 16.3. The number of hydrogen-bond acceptors (Lipinski definition) is 3. The van der Waals surface area contributed by atoms with Crippen LogP contribution in [0.25, 0.3) is 0 Å². The molecule has 0 fully saturated rings. The molecule has 0 radical (unpaired) electrons. The molecular weight excluding hydrogens is 156 g/mol. The first-order valence-corrected chi connectivity index (χ1v) is 3.83. The highest BCUT2D eigenvalue weighted by Crippen LogP contribution is 2.36. The van der Waals surface area contributed by atoms with Gasteiger partial charge in [0.2, 0.25) is 5.75 Å². The summed E-state index contributed by atoms with van der Waals surface area (Å²) < 4.78 is 0. The second kappa shape index (κ2) is 4.49. The summed E-state index contributed by atoms with van der Waals surface area (Å²) in [6, 6.07) is 2.84. The summed E-state index contributed by atoms with van der Waals surface area (Å²) in [5, 5.41) is 26.7. The fourth-order valence-corrected chi connectivity index (χ4v) is 0.670. The van der Waals surface area contributed by atoms with E-state index in [0.29, 0.717) is 5.56 Å². The minimum Gasteiger partial charge on any atom is -0.504 e. The van der Waals surface area contributed by atoms with E-state index in [1.807, 2.05) is 13.8 Å². The molecule has 0 spiro atoms. The van der Waals surface area contributed by atoms with Crippen LogP contribution in [0.1, 0.15) is 19.4 Å². The van der Waals surface area contributed by atoms with Gasteiger partial charge in [0, 0.05) is 0 Å². The van der Waals surface area contributed by atoms with Gasteiger partial charge in [0.1, 0.15) is 0 Å². The van der Waals surface area contributed by atoms with E-state index in [1.165, 1.54) is 12.1 Å². The van der Waals surface area contributed by atoms with Crippen LogP contribution in [0.3, 0.4) is 0 Å². The molecule has 12 heavy (non-hydrogen) atoms. The molecule has 0 saturated heterocycles. The summed E-state index contributed by atoms with van der Waals surface area (Å²) in [5.74, 6) is -1.02. The first kappa shape index (κ1) is 10.6. The summed E-state index contributed by atoms with van der Waals surface area (Å²) in [6.07, 6.45) is 0. The number of phenols is 3. The summed E-state index contributed by atoms with van der Waals surface area (Å²) in [6.45, 7) is 5.63. The number of aryl methyl sites for hydroxylation is 1. The van der Waals surface area contributed by atoms with Crippen LogP contribution in [0, 0.1) is 6.92 Å². The fourth-order valence-electron chi connectivity index (χ4n) is 0.670. The lowest BCUT2D eigenvalue weighted by molar-refractivity contribution is 0.366. The zero-order valence-corrected chi connectivity index (χ0v) is 7.50. The average molecular weight is 170 g/mol. The maximum atomic E-state index is 8.98. The fraction of sp³-hybridized carbons (Fsp3) is 0.333. The molecule has 0 aromatic heterocycles. The molecule has 0 aliphatic heterocycles. The van der Waals surface area contributed by atoms with Crippen molar-refractivity contribution in [3.63, 3.8) is 0 Å². The van der Waals surface area contributed by atoms with Crippen LogP contribution < -0.4 is 0 Å². The molecule has 1 rings (SSSR count). The standard InChI is InChI=1S/C7H8O3.C2H6/c1-4-2-3-5(8)7(10)6(4)9;1-2/h2-3,8-10H,1H3;1-2H3. The quantitative estimate of drug-likeness (QED) is 0.523. The summed E-state index contributed by atoms with van der Waals surface area (Å²) >= 11 is 0. The molecule has 0 atom stereocenters. The Morgan fingerprint density at radius 1 is 0.917 bits per heavy atom. The number of benzene rings is 1. The van der Waals surface area contributed by atoms with E-state index >= 15 is 0 Å². The zero-order valence-electron chi connectivity index (χ0n) is 7.50. The molecule has 68 valence electrons. The maximum absolute atomic E-state index is 8.98. The third kappa shape index (κ3) is 2.05. The van der Waals surface area contributed by atoms with Crippen molar-refractivity contribution in [2.45, 2.75) is 20.8 Å². The van der Waals surface area contributed by atoms with Gasteiger partial charge in [0.05, 0.1) is 0 Å². The average Bonchev–Trinajstić information content (AvgIpc) is 2.12. The Labute approximate surface area is 71.9 Å². The van der Waals surface area contributed by atoms with Crippen molar-refractivity contribution in [2.24, 2.45) is 0 Å². The molecule has 0 aliphatic rings. The molecule has 1 aromatic rings. The SMILES string of the molecule is CC.Cc1ccc(O)c(O)c1O. The van der Waals surface area contributed by atoms with Crippen molar-refractivity contribution in [2.75, 3.05) is 0 Å². The maximum Gasteiger partial charge on any atom is 0.200 e. The Hall–Kier alpha value is -1.38. The largest absolute Gasteiger partial charge is 0.504 e. The monoisotopic (exact) mass is 170 g/mol. The smallest absolute Gasteiger partial charge is 0.200 e. The Bertz CT molecular complexity index is 229. The van der Waals surface area contributed by atoms with E-state index in [0.717, 1.165) is 0 Å². The Kier molecular flexibility index (Phi) is 3.97. The molecule has 0 amide bonds. The van der Waals surface area contributed by atoms with Crippen LogP contribution >= 0.6 is 0 Å². The molecule has 0 aliphatic carbocycles. The lowest BCUT2D eigenvalue weighted by atomic mass is 10.2.